The number of nitrogens with two attached hydrogens (primary N) is 1. The van der Waals surface area contributed by atoms with Gasteiger partial charge in [-0.3, -0.25) is 4.79 Å². The zero-order chi connectivity index (χ0) is 13.4. The lowest BCUT2D eigenvalue weighted by Gasteiger charge is -2.23. The lowest BCUT2D eigenvalue weighted by Crippen LogP contribution is -2.40. The molecule has 3 atom stereocenters. The maximum atomic E-state index is 12.5. The van der Waals surface area contributed by atoms with E-state index in [1.165, 1.54) is 5.56 Å². The lowest BCUT2D eigenvalue weighted by molar-refractivity contribution is -0.133. The van der Waals surface area contributed by atoms with Crippen LogP contribution in [0.4, 0.5) is 0 Å². The van der Waals surface area contributed by atoms with Gasteiger partial charge in [-0.05, 0) is 42.9 Å². The van der Waals surface area contributed by atoms with Gasteiger partial charge in [0.25, 0.3) is 0 Å². The molecule has 0 aromatic heterocycles. The van der Waals surface area contributed by atoms with Crippen LogP contribution in [0.1, 0.15) is 30.7 Å². The summed E-state index contributed by atoms with van der Waals surface area (Å²) in [6.07, 6.45) is 3.15. The summed E-state index contributed by atoms with van der Waals surface area (Å²) < 4.78 is 1.09. The summed E-state index contributed by atoms with van der Waals surface area (Å²) in [5.41, 5.74) is 7.02. The molecular formula is C15H19BrN2O. The first-order valence-corrected chi connectivity index (χ1v) is 7.76. The number of carbonyl (C=O) groups excluding carboxylic acids is 1. The highest BCUT2D eigenvalue weighted by molar-refractivity contribution is 9.10. The molecule has 0 radical (unpaired) electrons. The molecule has 3 unspecified atom stereocenters. The fourth-order valence-corrected chi connectivity index (χ4v) is 3.57. The van der Waals surface area contributed by atoms with E-state index in [2.05, 4.69) is 28.1 Å². The molecule has 1 amide bonds. The van der Waals surface area contributed by atoms with Crippen LogP contribution in [0, 0.1) is 5.92 Å². The number of carbonyl (C=O) groups is 1. The lowest BCUT2D eigenvalue weighted by atomic mass is 10.1. The van der Waals surface area contributed by atoms with Crippen molar-refractivity contribution in [1.82, 2.24) is 4.90 Å². The number of rotatable bonds is 3. The molecule has 0 bridgehead atoms. The average molecular weight is 323 g/mol. The Bertz CT molecular complexity index is 491. The van der Waals surface area contributed by atoms with E-state index in [4.69, 9.17) is 5.73 Å². The molecule has 1 aliphatic heterocycles. The minimum Gasteiger partial charge on any atom is -0.338 e. The van der Waals surface area contributed by atoms with E-state index in [0.29, 0.717) is 18.4 Å². The van der Waals surface area contributed by atoms with E-state index in [1.807, 2.05) is 17.0 Å². The number of hydrogen-bond donors (Lipinski definition) is 1. The molecule has 0 spiro atoms. The third-order valence-corrected chi connectivity index (χ3v) is 4.81. The van der Waals surface area contributed by atoms with Crippen LogP contribution in [0.2, 0.25) is 0 Å². The van der Waals surface area contributed by atoms with Crippen molar-refractivity contribution in [2.45, 2.75) is 31.2 Å². The van der Waals surface area contributed by atoms with Crippen molar-refractivity contribution in [1.29, 1.82) is 0 Å². The Morgan fingerprint density at radius 3 is 3.05 bits per heavy atom. The van der Waals surface area contributed by atoms with Crippen molar-refractivity contribution in [3.8, 4) is 0 Å². The van der Waals surface area contributed by atoms with Crippen LogP contribution < -0.4 is 5.73 Å². The molecule has 1 heterocycles. The zero-order valence-corrected chi connectivity index (χ0v) is 12.5. The third-order valence-electron chi connectivity index (χ3n) is 4.32. The number of benzene rings is 1. The van der Waals surface area contributed by atoms with Crippen molar-refractivity contribution in [2.75, 3.05) is 13.1 Å². The molecule has 102 valence electrons. The van der Waals surface area contributed by atoms with Crippen LogP contribution in [0.15, 0.2) is 28.7 Å². The molecule has 4 heteroatoms. The van der Waals surface area contributed by atoms with E-state index >= 15 is 0 Å². The molecular weight excluding hydrogens is 304 g/mol. The Morgan fingerprint density at radius 2 is 2.32 bits per heavy atom. The zero-order valence-electron chi connectivity index (χ0n) is 10.9. The van der Waals surface area contributed by atoms with Gasteiger partial charge in [-0.2, -0.15) is 0 Å². The van der Waals surface area contributed by atoms with Gasteiger partial charge in [0.15, 0.2) is 0 Å². The van der Waals surface area contributed by atoms with Crippen molar-refractivity contribution in [3.05, 3.63) is 34.3 Å². The molecule has 2 aliphatic rings. The summed E-state index contributed by atoms with van der Waals surface area (Å²) >= 11 is 3.49. The fourth-order valence-electron chi connectivity index (χ4n) is 3.16. The third kappa shape index (κ3) is 2.56. The highest BCUT2D eigenvalue weighted by Crippen LogP contribution is 2.49. The van der Waals surface area contributed by atoms with E-state index < -0.39 is 0 Å². The van der Waals surface area contributed by atoms with Gasteiger partial charge >= 0.3 is 0 Å². The molecule has 1 saturated carbocycles. The molecule has 2 fully saturated rings. The van der Waals surface area contributed by atoms with Crippen molar-refractivity contribution >= 4 is 21.8 Å². The Labute approximate surface area is 122 Å². The molecule has 1 saturated heterocycles. The Balaban J connectivity index is 1.68. The normalized spacial score (nSPS) is 29.6. The average Bonchev–Trinajstić information content (AvgIpc) is 3.07. The van der Waals surface area contributed by atoms with Gasteiger partial charge < -0.3 is 10.6 Å². The van der Waals surface area contributed by atoms with Crippen LogP contribution >= 0.6 is 15.9 Å². The molecule has 3 rings (SSSR count). The highest BCUT2D eigenvalue weighted by Gasteiger charge is 2.47. The largest absolute Gasteiger partial charge is 0.338 e. The standard InChI is InChI=1S/C15H19BrN2O/c16-11-4-1-3-10(7-11)13-8-14(13)15(19)18-6-2-5-12(18)9-17/h1,3-4,7,12-14H,2,5-6,8-9,17H2. The number of hydrogen-bond acceptors (Lipinski definition) is 2. The second-order valence-electron chi connectivity index (χ2n) is 5.57. The maximum absolute atomic E-state index is 12.5. The number of amides is 1. The van der Waals surface area contributed by atoms with E-state index in [1.54, 1.807) is 0 Å². The minimum absolute atomic E-state index is 0.182. The smallest absolute Gasteiger partial charge is 0.226 e. The predicted molar refractivity (Wildman–Crippen MR) is 78.8 cm³/mol. The number of nitrogens with zero attached hydrogens (tertiary/aromatic N) is 1. The molecule has 1 aliphatic carbocycles. The molecule has 1 aromatic carbocycles. The second-order valence-corrected chi connectivity index (χ2v) is 6.48. The van der Waals surface area contributed by atoms with E-state index in [9.17, 15) is 4.79 Å². The number of likely N-dealkylation sites (tertiary alicyclic amines) is 1. The molecule has 3 nitrogen and oxygen atoms in total. The second kappa shape index (κ2) is 5.25. The van der Waals surface area contributed by atoms with Crippen molar-refractivity contribution in [2.24, 2.45) is 11.7 Å². The van der Waals surface area contributed by atoms with Crippen molar-refractivity contribution in [3.63, 3.8) is 0 Å². The highest BCUT2D eigenvalue weighted by atomic mass is 79.9. The summed E-state index contributed by atoms with van der Waals surface area (Å²) in [5.74, 6) is 0.906. The monoisotopic (exact) mass is 322 g/mol. The summed E-state index contributed by atoms with van der Waals surface area (Å²) in [4.78, 5) is 14.5. The van der Waals surface area contributed by atoms with E-state index in [-0.39, 0.29) is 12.0 Å². The SMILES string of the molecule is NCC1CCCN1C(=O)C1CC1c1cccc(Br)c1. The molecule has 1 aromatic rings. The van der Waals surface area contributed by atoms with E-state index in [0.717, 1.165) is 30.3 Å². The topological polar surface area (TPSA) is 46.3 Å². The fraction of sp³-hybridized carbons (Fsp3) is 0.533. The summed E-state index contributed by atoms with van der Waals surface area (Å²) in [5, 5.41) is 0. The molecule has 2 N–H and O–H groups in total. The van der Waals surface area contributed by atoms with Gasteiger partial charge in [0.05, 0.1) is 0 Å². The van der Waals surface area contributed by atoms with Gasteiger partial charge in [-0.15, -0.1) is 0 Å². The summed E-state index contributed by atoms with van der Waals surface area (Å²) in [6, 6.07) is 8.58. The quantitative estimate of drug-likeness (QED) is 0.929. The van der Waals surface area contributed by atoms with Crippen LogP contribution in [-0.4, -0.2) is 29.9 Å². The Hall–Kier alpha value is -0.870. The Kier molecular flexibility index (Phi) is 3.63. The summed E-state index contributed by atoms with van der Waals surface area (Å²) in [6.45, 7) is 1.49. The van der Waals surface area contributed by atoms with Crippen LogP contribution in [0.3, 0.4) is 0 Å². The van der Waals surface area contributed by atoms with Crippen LogP contribution in [-0.2, 0) is 4.79 Å². The molecule has 19 heavy (non-hydrogen) atoms. The van der Waals surface area contributed by atoms with Crippen LogP contribution in [0.25, 0.3) is 0 Å². The first-order valence-electron chi connectivity index (χ1n) is 6.96. The Morgan fingerprint density at radius 1 is 1.47 bits per heavy atom. The number of halogens is 1. The van der Waals surface area contributed by atoms with Gasteiger partial charge in [-0.1, -0.05) is 28.1 Å². The first kappa shape index (κ1) is 13.1. The van der Waals surface area contributed by atoms with Gasteiger partial charge in [0.2, 0.25) is 5.91 Å². The van der Waals surface area contributed by atoms with Gasteiger partial charge in [0, 0.05) is 29.5 Å². The first-order chi connectivity index (χ1) is 9.20. The minimum atomic E-state index is 0.182. The van der Waals surface area contributed by atoms with Crippen LogP contribution in [0.5, 0.6) is 0 Å². The maximum Gasteiger partial charge on any atom is 0.226 e. The van der Waals surface area contributed by atoms with Crippen molar-refractivity contribution < 1.29 is 4.79 Å². The summed E-state index contributed by atoms with van der Waals surface area (Å²) in [7, 11) is 0. The predicted octanol–water partition coefficient (Wildman–Crippen LogP) is 2.50. The van der Waals surface area contributed by atoms with Gasteiger partial charge in [0.1, 0.15) is 0 Å². The van der Waals surface area contributed by atoms with Gasteiger partial charge in [-0.25, -0.2) is 0 Å².